The molecule has 0 aliphatic carbocycles. The lowest BCUT2D eigenvalue weighted by molar-refractivity contribution is -0.117. The molecule has 0 spiro atoms. The second-order valence-corrected chi connectivity index (χ2v) is 8.91. The first-order chi connectivity index (χ1) is 14.0. The van der Waals surface area contributed by atoms with Crippen molar-refractivity contribution in [3.05, 3.63) is 52.5 Å². The van der Waals surface area contributed by atoms with Gasteiger partial charge in [-0.1, -0.05) is 11.3 Å². The van der Waals surface area contributed by atoms with Gasteiger partial charge in [0.2, 0.25) is 0 Å². The van der Waals surface area contributed by atoms with E-state index in [1.165, 1.54) is 22.5 Å². The summed E-state index contributed by atoms with van der Waals surface area (Å²) < 4.78 is 15.9. The van der Waals surface area contributed by atoms with E-state index in [2.05, 4.69) is 15.6 Å². The summed E-state index contributed by atoms with van der Waals surface area (Å²) in [6.07, 6.45) is 6.17. The number of carbonyl (C=O) groups is 1. The predicted molar refractivity (Wildman–Crippen MR) is 111 cm³/mol. The van der Waals surface area contributed by atoms with Gasteiger partial charge in [0, 0.05) is 18.7 Å². The molecule has 1 fully saturated rings. The lowest BCUT2D eigenvalue weighted by Gasteiger charge is -2.18. The quantitative estimate of drug-likeness (QED) is 0.429. The topological polar surface area (TPSA) is 86.9 Å². The molecule has 2 aromatic rings. The molecule has 2 N–H and O–H groups in total. The first-order valence-corrected chi connectivity index (χ1v) is 10.7. The first-order valence-electron chi connectivity index (χ1n) is 9.35. The highest BCUT2D eigenvalue weighted by molar-refractivity contribution is 8.05. The normalized spacial score (nSPS) is 18.8. The lowest BCUT2D eigenvalue weighted by atomic mass is 10.1. The molecule has 10 heteroatoms. The van der Waals surface area contributed by atoms with Gasteiger partial charge in [-0.05, 0) is 37.5 Å². The van der Waals surface area contributed by atoms with Gasteiger partial charge in [-0.15, -0.1) is 28.5 Å². The van der Waals surface area contributed by atoms with Gasteiger partial charge in [-0.3, -0.25) is 10.2 Å². The molecule has 152 valence electrons. The van der Waals surface area contributed by atoms with Crippen molar-refractivity contribution in [3.63, 3.8) is 0 Å². The maximum atomic E-state index is 14.7. The number of thioether (sulfide) groups is 1. The standard InChI is InChI=1S/C19H20ClFN6OS/c20-17-6-5-16(29-17)19(28)23-10-13-11-27(25-24-13)15-4-3-12(9-14(15)21)18(22)26-7-1-2-8-26/h3-5,9,11,17,22H,1-2,6-8,10H2,(H,23,28). The van der Waals surface area contributed by atoms with Crippen LogP contribution < -0.4 is 5.32 Å². The lowest BCUT2D eigenvalue weighted by Crippen LogP contribution is -2.27. The number of hydrogen-bond donors (Lipinski definition) is 2. The number of aromatic nitrogens is 3. The number of carbonyl (C=O) groups excluding carboxylic acids is 1. The Morgan fingerprint density at radius 2 is 2.17 bits per heavy atom. The smallest absolute Gasteiger partial charge is 0.257 e. The molecule has 1 unspecified atom stereocenters. The Morgan fingerprint density at radius 1 is 1.38 bits per heavy atom. The molecule has 0 bridgehead atoms. The number of halogens is 2. The van der Waals surface area contributed by atoms with Gasteiger partial charge >= 0.3 is 0 Å². The summed E-state index contributed by atoms with van der Waals surface area (Å²) in [5, 5.41) is 19.0. The number of alkyl halides is 1. The molecule has 1 saturated heterocycles. The second-order valence-electron chi connectivity index (χ2n) is 6.88. The van der Waals surface area contributed by atoms with E-state index in [0.29, 0.717) is 28.4 Å². The molecule has 1 aromatic carbocycles. The van der Waals surface area contributed by atoms with Gasteiger partial charge in [-0.25, -0.2) is 9.07 Å². The largest absolute Gasteiger partial charge is 0.357 e. The van der Waals surface area contributed by atoms with Crippen molar-refractivity contribution >= 4 is 35.1 Å². The molecule has 1 amide bonds. The Bertz CT molecular complexity index is 971. The van der Waals surface area contributed by atoms with E-state index in [1.54, 1.807) is 18.3 Å². The molecule has 0 saturated carbocycles. The summed E-state index contributed by atoms with van der Waals surface area (Å²) >= 11 is 7.30. The maximum absolute atomic E-state index is 14.7. The highest BCUT2D eigenvalue weighted by Gasteiger charge is 2.21. The molecule has 1 aromatic heterocycles. The molecule has 2 aliphatic rings. The summed E-state index contributed by atoms with van der Waals surface area (Å²) in [4.78, 5) is 14.7. The van der Waals surface area contributed by atoms with Crippen LogP contribution in [0, 0.1) is 11.2 Å². The Balaban J connectivity index is 1.41. The van der Waals surface area contributed by atoms with E-state index >= 15 is 0 Å². The Kier molecular flexibility index (Phi) is 5.86. The predicted octanol–water partition coefficient (Wildman–Crippen LogP) is 3.03. The average Bonchev–Trinajstić information content (AvgIpc) is 3.47. The van der Waals surface area contributed by atoms with E-state index in [-0.39, 0.29) is 22.8 Å². The van der Waals surface area contributed by atoms with Crippen molar-refractivity contribution in [2.45, 2.75) is 30.5 Å². The van der Waals surface area contributed by atoms with Crippen LogP contribution in [-0.2, 0) is 11.3 Å². The van der Waals surface area contributed by atoms with Crippen molar-refractivity contribution in [1.29, 1.82) is 5.41 Å². The molecule has 1 atom stereocenters. The molecule has 7 nitrogen and oxygen atoms in total. The molecule has 2 aliphatic heterocycles. The Morgan fingerprint density at radius 3 is 2.86 bits per heavy atom. The van der Waals surface area contributed by atoms with Crippen LogP contribution in [-0.4, -0.2) is 49.4 Å². The summed E-state index contributed by atoms with van der Waals surface area (Å²) in [7, 11) is 0. The van der Waals surface area contributed by atoms with Gasteiger partial charge < -0.3 is 10.2 Å². The monoisotopic (exact) mass is 434 g/mol. The van der Waals surface area contributed by atoms with Crippen LogP contribution >= 0.6 is 23.4 Å². The fourth-order valence-electron chi connectivity index (χ4n) is 3.30. The van der Waals surface area contributed by atoms with E-state index in [4.69, 9.17) is 17.0 Å². The number of hydrogen-bond acceptors (Lipinski definition) is 5. The maximum Gasteiger partial charge on any atom is 0.257 e. The van der Waals surface area contributed by atoms with Crippen molar-refractivity contribution in [1.82, 2.24) is 25.2 Å². The van der Waals surface area contributed by atoms with E-state index in [1.807, 2.05) is 11.0 Å². The third-order valence-electron chi connectivity index (χ3n) is 4.83. The highest BCUT2D eigenvalue weighted by Crippen LogP contribution is 2.34. The van der Waals surface area contributed by atoms with Gasteiger partial charge in [0.25, 0.3) is 5.91 Å². The zero-order valence-corrected chi connectivity index (χ0v) is 17.1. The van der Waals surface area contributed by atoms with Crippen LogP contribution in [0.15, 0.2) is 35.4 Å². The molecule has 0 radical (unpaired) electrons. The number of nitrogens with zero attached hydrogens (tertiary/aromatic N) is 4. The Labute approximate surface area is 176 Å². The van der Waals surface area contributed by atoms with Gasteiger partial charge in [-0.2, -0.15) is 0 Å². The van der Waals surface area contributed by atoms with Crippen molar-refractivity contribution < 1.29 is 9.18 Å². The number of rotatable bonds is 5. The van der Waals surface area contributed by atoms with Crippen molar-refractivity contribution in [3.8, 4) is 5.69 Å². The molecule has 29 heavy (non-hydrogen) atoms. The summed E-state index contributed by atoms with van der Waals surface area (Å²) in [5.41, 5.74) is 1.30. The zero-order chi connectivity index (χ0) is 20.4. The van der Waals surface area contributed by atoms with Crippen molar-refractivity contribution in [2.75, 3.05) is 13.1 Å². The second kappa shape index (κ2) is 8.54. The fourth-order valence-corrected chi connectivity index (χ4v) is 4.51. The minimum atomic E-state index is -0.479. The molecular weight excluding hydrogens is 415 g/mol. The van der Waals surface area contributed by atoms with E-state index in [9.17, 15) is 9.18 Å². The Hall–Kier alpha value is -2.39. The van der Waals surface area contributed by atoms with Crippen LogP contribution in [0.1, 0.15) is 30.5 Å². The summed E-state index contributed by atoms with van der Waals surface area (Å²) in [5.74, 6) is -0.343. The number of benzene rings is 1. The van der Waals surface area contributed by atoms with Crippen LogP contribution in [0.4, 0.5) is 4.39 Å². The van der Waals surface area contributed by atoms with Gasteiger partial charge in [0.15, 0.2) is 0 Å². The van der Waals surface area contributed by atoms with E-state index in [0.717, 1.165) is 25.9 Å². The van der Waals surface area contributed by atoms with Crippen molar-refractivity contribution in [2.24, 2.45) is 0 Å². The molecular formula is C19H20ClFN6OS. The van der Waals surface area contributed by atoms with Crippen LogP contribution in [0.5, 0.6) is 0 Å². The summed E-state index contributed by atoms with van der Waals surface area (Å²) in [6.45, 7) is 1.85. The summed E-state index contributed by atoms with van der Waals surface area (Å²) in [6, 6.07) is 4.66. The first kappa shape index (κ1) is 19.9. The molecule has 3 heterocycles. The number of nitrogens with one attached hydrogen (secondary N) is 2. The van der Waals surface area contributed by atoms with Gasteiger partial charge in [0.05, 0.1) is 22.4 Å². The molecule has 4 rings (SSSR count). The van der Waals surface area contributed by atoms with Crippen LogP contribution in [0.2, 0.25) is 0 Å². The third kappa shape index (κ3) is 4.45. The third-order valence-corrected chi connectivity index (χ3v) is 6.33. The number of allylic oxidation sites excluding steroid dienone is 1. The fraction of sp³-hybridized carbons (Fsp3) is 0.368. The zero-order valence-electron chi connectivity index (χ0n) is 15.6. The number of likely N-dealkylation sites (tertiary alicyclic amines) is 1. The highest BCUT2D eigenvalue weighted by atomic mass is 35.5. The van der Waals surface area contributed by atoms with Gasteiger partial charge in [0.1, 0.15) is 23.0 Å². The minimum Gasteiger partial charge on any atom is -0.357 e. The van der Waals surface area contributed by atoms with E-state index < -0.39 is 5.82 Å². The number of amides is 1. The van der Waals surface area contributed by atoms with Crippen LogP contribution in [0.3, 0.4) is 0 Å². The SMILES string of the molecule is N=C(c1ccc(-n2cc(CNC(=O)C3=CCC(Cl)S3)nn2)c(F)c1)N1CCCC1. The number of amidine groups is 1. The minimum absolute atomic E-state index is 0.102. The van der Waals surface area contributed by atoms with Crippen LogP contribution in [0.25, 0.3) is 5.69 Å². The average molecular weight is 435 g/mol.